The largest absolute Gasteiger partial charge is 0.394 e. The molecule has 0 aliphatic carbocycles. The molecule has 1 aliphatic rings. The first-order valence-corrected chi connectivity index (χ1v) is 9.40. The van der Waals surface area contributed by atoms with E-state index in [2.05, 4.69) is 5.32 Å². The summed E-state index contributed by atoms with van der Waals surface area (Å²) in [5.74, 6) is -0.0433. The third-order valence-corrected chi connectivity index (χ3v) is 4.88. The summed E-state index contributed by atoms with van der Waals surface area (Å²) in [6, 6.07) is 9.51. The molecular formula is C20H31N3O3. The van der Waals surface area contributed by atoms with Gasteiger partial charge in [-0.3, -0.25) is 4.79 Å². The predicted octanol–water partition coefficient (Wildman–Crippen LogP) is 2.19. The highest BCUT2D eigenvalue weighted by atomic mass is 16.3. The van der Waals surface area contributed by atoms with Gasteiger partial charge < -0.3 is 20.2 Å². The first-order valence-electron chi connectivity index (χ1n) is 9.40. The minimum absolute atomic E-state index is 0.0244. The van der Waals surface area contributed by atoms with E-state index < -0.39 is 0 Å². The molecule has 6 nitrogen and oxygen atoms in total. The molecule has 3 amide bonds. The minimum atomic E-state index is -0.239. The Hall–Kier alpha value is -2.08. The van der Waals surface area contributed by atoms with E-state index in [-0.39, 0.29) is 42.6 Å². The number of carbonyl (C=O) groups excluding carboxylic acids is 2. The third-order valence-electron chi connectivity index (χ3n) is 4.88. The molecule has 1 saturated heterocycles. The van der Waals surface area contributed by atoms with Crippen LogP contribution in [0.15, 0.2) is 30.3 Å². The van der Waals surface area contributed by atoms with Crippen molar-refractivity contribution in [2.75, 3.05) is 19.7 Å². The van der Waals surface area contributed by atoms with Gasteiger partial charge in [0.25, 0.3) is 0 Å². The summed E-state index contributed by atoms with van der Waals surface area (Å²) in [5.41, 5.74) is 1.09. The number of aliphatic hydroxyl groups excluding tert-OH is 1. The Morgan fingerprint density at radius 1 is 1.23 bits per heavy atom. The van der Waals surface area contributed by atoms with Gasteiger partial charge in [-0.1, -0.05) is 37.3 Å². The lowest BCUT2D eigenvalue weighted by Gasteiger charge is -2.55. The van der Waals surface area contributed by atoms with Gasteiger partial charge >= 0.3 is 6.03 Å². The monoisotopic (exact) mass is 361 g/mol. The van der Waals surface area contributed by atoms with Crippen molar-refractivity contribution in [2.45, 2.75) is 58.2 Å². The maximum atomic E-state index is 12.6. The molecule has 1 heterocycles. The quantitative estimate of drug-likeness (QED) is 0.782. The lowest BCUT2D eigenvalue weighted by Crippen LogP contribution is -2.68. The van der Waals surface area contributed by atoms with Crippen molar-refractivity contribution in [3.63, 3.8) is 0 Å². The van der Waals surface area contributed by atoms with E-state index in [0.717, 1.165) is 12.0 Å². The number of hydrogen-bond acceptors (Lipinski definition) is 3. The first-order chi connectivity index (χ1) is 12.4. The SMILES string of the molecule is CCCN(C[C@H]1[C@@H](c2ccccc2)[C@H](CO)N1C(C)=O)C(=O)NC(C)C. The predicted molar refractivity (Wildman–Crippen MR) is 102 cm³/mol. The number of carbonyl (C=O) groups is 2. The molecule has 6 heteroatoms. The molecule has 0 spiro atoms. The summed E-state index contributed by atoms with van der Waals surface area (Å²) in [7, 11) is 0. The summed E-state index contributed by atoms with van der Waals surface area (Å²) in [4.78, 5) is 28.2. The van der Waals surface area contributed by atoms with Gasteiger partial charge in [-0.25, -0.2) is 4.79 Å². The number of hydrogen-bond donors (Lipinski definition) is 2. The van der Waals surface area contributed by atoms with E-state index in [9.17, 15) is 14.7 Å². The third kappa shape index (κ3) is 4.36. The van der Waals surface area contributed by atoms with Gasteiger partial charge in [-0.15, -0.1) is 0 Å². The van der Waals surface area contributed by atoms with Crippen LogP contribution in [0, 0.1) is 0 Å². The molecule has 2 N–H and O–H groups in total. The van der Waals surface area contributed by atoms with E-state index in [1.54, 1.807) is 9.80 Å². The number of amides is 3. The van der Waals surface area contributed by atoms with Gasteiger partial charge in [-0.2, -0.15) is 0 Å². The van der Waals surface area contributed by atoms with Crippen LogP contribution in [-0.4, -0.2) is 64.7 Å². The Kier molecular flexibility index (Phi) is 7.03. The zero-order chi connectivity index (χ0) is 19.3. The molecule has 0 radical (unpaired) electrons. The molecule has 1 aromatic carbocycles. The number of aliphatic hydroxyl groups is 1. The number of rotatable bonds is 7. The second-order valence-corrected chi connectivity index (χ2v) is 7.23. The van der Waals surface area contributed by atoms with Crippen LogP contribution in [0.4, 0.5) is 4.79 Å². The van der Waals surface area contributed by atoms with Crippen LogP contribution >= 0.6 is 0 Å². The highest BCUT2D eigenvalue weighted by Crippen LogP contribution is 2.41. The van der Waals surface area contributed by atoms with Crippen molar-refractivity contribution in [1.82, 2.24) is 15.1 Å². The number of urea groups is 1. The Labute approximate surface area is 156 Å². The molecule has 1 aromatic rings. The summed E-state index contributed by atoms with van der Waals surface area (Å²) in [5, 5.41) is 12.8. The maximum Gasteiger partial charge on any atom is 0.317 e. The molecule has 3 atom stereocenters. The fraction of sp³-hybridized carbons (Fsp3) is 0.600. The molecule has 2 rings (SSSR count). The second-order valence-electron chi connectivity index (χ2n) is 7.23. The van der Waals surface area contributed by atoms with Crippen LogP contribution in [0.1, 0.15) is 45.6 Å². The van der Waals surface area contributed by atoms with Crippen LogP contribution < -0.4 is 5.32 Å². The number of nitrogens with one attached hydrogen (secondary N) is 1. The van der Waals surface area contributed by atoms with Crippen LogP contribution in [-0.2, 0) is 4.79 Å². The van der Waals surface area contributed by atoms with Crippen molar-refractivity contribution in [2.24, 2.45) is 0 Å². The molecule has 1 aliphatic heterocycles. The second kappa shape index (κ2) is 9.03. The first kappa shape index (κ1) is 20.2. The maximum absolute atomic E-state index is 12.6. The van der Waals surface area contributed by atoms with Gasteiger partial charge in [0, 0.05) is 32.0 Å². The van der Waals surface area contributed by atoms with Crippen molar-refractivity contribution in [1.29, 1.82) is 0 Å². The topological polar surface area (TPSA) is 72.9 Å². The summed E-state index contributed by atoms with van der Waals surface area (Å²) in [6.07, 6.45) is 0.845. The molecule has 144 valence electrons. The highest BCUT2D eigenvalue weighted by Gasteiger charge is 2.50. The molecular weight excluding hydrogens is 330 g/mol. The van der Waals surface area contributed by atoms with E-state index >= 15 is 0 Å². The average molecular weight is 361 g/mol. The number of nitrogens with zero attached hydrogens (tertiary/aromatic N) is 2. The fourth-order valence-electron chi connectivity index (χ4n) is 3.85. The van der Waals surface area contributed by atoms with Gasteiger partial charge in [-0.05, 0) is 25.8 Å². The molecule has 0 saturated carbocycles. The van der Waals surface area contributed by atoms with Gasteiger partial charge in [0.1, 0.15) is 0 Å². The van der Waals surface area contributed by atoms with Gasteiger partial charge in [0.05, 0.1) is 18.7 Å². The molecule has 1 fully saturated rings. The lowest BCUT2D eigenvalue weighted by molar-refractivity contribution is -0.149. The van der Waals surface area contributed by atoms with Crippen molar-refractivity contribution >= 4 is 11.9 Å². The standard InChI is InChI=1S/C20H31N3O3/c1-5-11-22(20(26)21-14(2)3)12-17-19(16-9-7-6-8-10-16)18(13-24)23(17)15(4)25/h6-10,14,17-19,24H,5,11-13H2,1-4H3,(H,21,26)/t17-,18-,19+/m0/s1. The minimum Gasteiger partial charge on any atom is -0.394 e. The van der Waals surface area contributed by atoms with Crippen LogP contribution in [0.5, 0.6) is 0 Å². The zero-order valence-corrected chi connectivity index (χ0v) is 16.2. The van der Waals surface area contributed by atoms with E-state index in [1.165, 1.54) is 6.92 Å². The molecule has 26 heavy (non-hydrogen) atoms. The van der Waals surface area contributed by atoms with E-state index in [4.69, 9.17) is 0 Å². The Morgan fingerprint density at radius 3 is 2.38 bits per heavy atom. The Balaban J connectivity index is 2.25. The molecule has 0 bridgehead atoms. The lowest BCUT2D eigenvalue weighted by atomic mass is 9.75. The molecule has 0 aromatic heterocycles. The van der Waals surface area contributed by atoms with E-state index in [1.807, 2.05) is 51.1 Å². The summed E-state index contributed by atoms with van der Waals surface area (Å²) in [6.45, 7) is 8.43. The van der Waals surface area contributed by atoms with Crippen LogP contribution in [0.25, 0.3) is 0 Å². The average Bonchev–Trinajstić information content (AvgIpc) is 2.57. The summed E-state index contributed by atoms with van der Waals surface area (Å²) < 4.78 is 0. The van der Waals surface area contributed by atoms with E-state index in [0.29, 0.717) is 13.1 Å². The fourth-order valence-corrected chi connectivity index (χ4v) is 3.85. The Bertz CT molecular complexity index is 606. The Morgan fingerprint density at radius 2 is 1.88 bits per heavy atom. The number of likely N-dealkylation sites (tertiary alicyclic amines) is 1. The normalized spacial score (nSPS) is 22.1. The van der Waals surface area contributed by atoms with Crippen molar-refractivity contribution in [3.8, 4) is 0 Å². The number of benzene rings is 1. The highest BCUT2D eigenvalue weighted by molar-refractivity contribution is 5.77. The van der Waals surface area contributed by atoms with Gasteiger partial charge in [0.2, 0.25) is 5.91 Å². The van der Waals surface area contributed by atoms with Crippen molar-refractivity contribution in [3.05, 3.63) is 35.9 Å². The smallest absolute Gasteiger partial charge is 0.317 e. The van der Waals surface area contributed by atoms with Crippen molar-refractivity contribution < 1.29 is 14.7 Å². The van der Waals surface area contributed by atoms with Gasteiger partial charge in [0.15, 0.2) is 0 Å². The molecule has 0 unspecified atom stereocenters. The van der Waals surface area contributed by atoms with Crippen LogP contribution in [0.3, 0.4) is 0 Å². The van der Waals surface area contributed by atoms with Crippen LogP contribution in [0.2, 0.25) is 0 Å². The zero-order valence-electron chi connectivity index (χ0n) is 16.2. The summed E-state index contributed by atoms with van der Waals surface area (Å²) >= 11 is 0.